The number of fused-ring (bicyclic) bond motifs is 1. The second kappa shape index (κ2) is 3.75. The first-order valence-corrected chi connectivity index (χ1v) is 4.77. The molecule has 4 heteroatoms. The Balaban J connectivity index is 2.35. The van der Waals surface area contributed by atoms with Gasteiger partial charge in [0.2, 0.25) is 0 Å². The Labute approximate surface area is 81.4 Å². The maximum Gasteiger partial charge on any atom is 0.177 e. The van der Waals surface area contributed by atoms with E-state index in [0.29, 0.717) is 5.88 Å². The van der Waals surface area contributed by atoms with Crippen LogP contribution in [0.2, 0.25) is 0 Å². The van der Waals surface area contributed by atoms with Gasteiger partial charge >= 0.3 is 0 Å². The van der Waals surface area contributed by atoms with Gasteiger partial charge in [0.1, 0.15) is 0 Å². The van der Waals surface area contributed by atoms with E-state index < -0.39 is 0 Å². The standard InChI is InChI=1S/C9H10ClN3/c10-4-2-6-13-7-12-9-8(13)3-1-5-11-9/h1,3,5,7H,2,4,6H2. The van der Waals surface area contributed by atoms with Gasteiger partial charge in [0.25, 0.3) is 0 Å². The summed E-state index contributed by atoms with van der Waals surface area (Å²) in [5.41, 5.74) is 1.88. The lowest BCUT2D eigenvalue weighted by molar-refractivity contribution is 0.700. The fraction of sp³-hybridized carbons (Fsp3) is 0.333. The highest BCUT2D eigenvalue weighted by atomic mass is 35.5. The molecule has 0 bridgehead atoms. The number of alkyl halides is 1. The number of hydrogen-bond donors (Lipinski definition) is 0. The zero-order valence-corrected chi connectivity index (χ0v) is 7.91. The van der Waals surface area contributed by atoms with Crippen molar-refractivity contribution in [2.45, 2.75) is 13.0 Å². The van der Waals surface area contributed by atoms with E-state index in [4.69, 9.17) is 11.6 Å². The van der Waals surface area contributed by atoms with Gasteiger partial charge in [0, 0.05) is 18.6 Å². The maximum atomic E-state index is 5.62. The number of pyridine rings is 1. The molecule has 0 aliphatic rings. The van der Waals surface area contributed by atoms with Crippen LogP contribution in [-0.4, -0.2) is 20.4 Å². The van der Waals surface area contributed by atoms with Crippen molar-refractivity contribution >= 4 is 22.8 Å². The number of imidazole rings is 1. The van der Waals surface area contributed by atoms with Crippen LogP contribution in [-0.2, 0) is 6.54 Å². The Hall–Kier alpha value is -1.09. The molecular weight excluding hydrogens is 186 g/mol. The second-order valence-electron chi connectivity index (χ2n) is 2.83. The topological polar surface area (TPSA) is 30.7 Å². The molecule has 0 unspecified atom stereocenters. The quantitative estimate of drug-likeness (QED) is 0.702. The average molecular weight is 196 g/mol. The predicted octanol–water partition coefficient (Wildman–Crippen LogP) is 2.06. The van der Waals surface area contributed by atoms with Gasteiger partial charge in [-0.25, -0.2) is 9.97 Å². The molecule has 68 valence electrons. The van der Waals surface area contributed by atoms with Gasteiger partial charge in [-0.2, -0.15) is 0 Å². The minimum Gasteiger partial charge on any atom is -0.329 e. The van der Waals surface area contributed by atoms with E-state index in [1.807, 2.05) is 18.5 Å². The van der Waals surface area contributed by atoms with Crippen molar-refractivity contribution in [2.24, 2.45) is 0 Å². The van der Waals surface area contributed by atoms with E-state index >= 15 is 0 Å². The van der Waals surface area contributed by atoms with Gasteiger partial charge in [-0.1, -0.05) is 0 Å². The number of nitrogens with zero attached hydrogens (tertiary/aromatic N) is 3. The molecule has 0 saturated heterocycles. The molecule has 13 heavy (non-hydrogen) atoms. The van der Waals surface area contributed by atoms with Crippen LogP contribution >= 0.6 is 11.6 Å². The van der Waals surface area contributed by atoms with Crippen molar-refractivity contribution in [2.75, 3.05) is 5.88 Å². The predicted molar refractivity (Wildman–Crippen MR) is 52.9 cm³/mol. The van der Waals surface area contributed by atoms with Crippen LogP contribution in [0.3, 0.4) is 0 Å². The number of aryl methyl sites for hydroxylation is 1. The molecule has 2 aromatic rings. The Morgan fingerprint density at radius 1 is 1.38 bits per heavy atom. The highest BCUT2D eigenvalue weighted by Gasteiger charge is 2.00. The van der Waals surface area contributed by atoms with Crippen LogP contribution in [0, 0.1) is 0 Å². The molecule has 2 heterocycles. The first kappa shape index (κ1) is 8.51. The minimum absolute atomic E-state index is 0.680. The lowest BCUT2D eigenvalue weighted by atomic mass is 10.4. The molecule has 2 rings (SSSR count). The Morgan fingerprint density at radius 2 is 2.31 bits per heavy atom. The van der Waals surface area contributed by atoms with E-state index in [2.05, 4.69) is 14.5 Å². The number of halogens is 1. The van der Waals surface area contributed by atoms with E-state index in [0.717, 1.165) is 24.1 Å². The third-order valence-electron chi connectivity index (χ3n) is 1.93. The van der Waals surface area contributed by atoms with Gasteiger partial charge < -0.3 is 4.57 Å². The fourth-order valence-electron chi connectivity index (χ4n) is 1.31. The van der Waals surface area contributed by atoms with E-state index in [1.54, 1.807) is 6.20 Å². The zero-order valence-electron chi connectivity index (χ0n) is 7.15. The Bertz CT molecular complexity index is 396. The summed E-state index contributed by atoms with van der Waals surface area (Å²) in [6.45, 7) is 0.908. The SMILES string of the molecule is ClCCCn1cnc2ncccc21. The zero-order chi connectivity index (χ0) is 9.10. The van der Waals surface area contributed by atoms with Crippen molar-refractivity contribution in [1.82, 2.24) is 14.5 Å². The monoisotopic (exact) mass is 195 g/mol. The second-order valence-corrected chi connectivity index (χ2v) is 3.20. The highest BCUT2D eigenvalue weighted by molar-refractivity contribution is 6.17. The summed E-state index contributed by atoms with van der Waals surface area (Å²) >= 11 is 5.62. The van der Waals surface area contributed by atoms with Crippen molar-refractivity contribution in [3.05, 3.63) is 24.7 Å². The Kier molecular flexibility index (Phi) is 2.45. The van der Waals surface area contributed by atoms with Crippen molar-refractivity contribution < 1.29 is 0 Å². The minimum atomic E-state index is 0.680. The summed E-state index contributed by atoms with van der Waals surface area (Å²) < 4.78 is 2.07. The fourth-order valence-corrected chi connectivity index (χ4v) is 1.43. The van der Waals surface area contributed by atoms with Gasteiger partial charge in [0.05, 0.1) is 11.8 Å². The summed E-state index contributed by atoms with van der Waals surface area (Å²) in [6, 6.07) is 3.94. The van der Waals surface area contributed by atoms with Gasteiger partial charge in [-0.3, -0.25) is 0 Å². The maximum absolute atomic E-state index is 5.62. The first-order chi connectivity index (χ1) is 6.42. The van der Waals surface area contributed by atoms with Crippen LogP contribution in [0.15, 0.2) is 24.7 Å². The van der Waals surface area contributed by atoms with Crippen molar-refractivity contribution in [1.29, 1.82) is 0 Å². The molecule has 0 atom stereocenters. The molecule has 0 aliphatic carbocycles. The number of aromatic nitrogens is 3. The molecule has 0 aliphatic heterocycles. The van der Waals surface area contributed by atoms with Crippen molar-refractivity contribution in [3.63, 3.8) is 0 Å². The van der Waals surface area contributed by atoms with E-state index in [-0.39, 0.29) is 0 Å². The summed E-state index contributed by atoms with van der Waals surface area (Å²) in [7, 11) is 0. The van der Waals surface area contributed by atoms with Gasteiger partial charge in [0.15, 0.2) is 5.65 Å². The number of hydrogen-bond acceptors (Lipinski definition) is 2. The summed E-state index contributed by atoms with van der Waals surface area (Å²) in [5, 5.41) is 0. The Morgan fingerprint density at radius 3 is 3.15 bits per heavy atom. The van der Waals surface area contributed by atoms with E-state index in [9.17, 15) is 0 Å². The summed E-state index contributed by atoms with van der Waals surface area (Å²) in [6.07, 6.45) is 4.52. The average Bonchev–Trinajstić information content (AvgIpc) is 2.58. The molecule has 0 fully saturated rings. The largest absolute Gasteiger partial charge is 0.329 e. The summed E-state index contributed by atoms with van der Waals surface area (Å²) in [4.78, 5) is 8.33. The molecule has 0 aromatic carbocycles. The van der Waals surface area contributed by atoms with Crippen LogP contribution in [0.5, 0.6) is 0 Å². The molecule has 0 amide bonds. The number of rotatable bonds is 3. The molecule has 0 N–H and O–H groups in total. The van der Waals surface area contributed by atoms with Crippen LogP contribution in [0.4, 0.5) is 0 Å². The van der Waals surface area contributed by atoms with Crippen molar-refractivity contribution in [3.8, 4) is 0 Å². The molecular formula is C9H10ClN3. The molecule has 0 spiro atoms. The highest BCUT2D eigenvalue weighted by Crippen LogP contribution is 2.09. The third kappa shape index (κ3) is 1.65. The molecule has 0 saturated carbocycles. The van der Waals surface area contributed by atoms with E-state index in [1.165, 1.54) is 0 Å². The smallest absolute Gasteiger partial charge is 0.177 e. The van der Waals surface area contributed by atoms with Gasteiger partial charge in [-0.05, 0) is 18.6 Å². The third-order valence-corrected chi connectivity index (χ3v) is 2.19. The van der Waals surface area contributed by atoms with Crippen LogP contribution < -0.4 is 0 Å². The lowest BCUT2D eigenvalue weighted by Crippen LogP contribution is -1.96. The molecule has 0 radical (unpaired) electrons. The lowest BCUT2D eigenvalue weighted by Gasteiger charge is -2.00. The molecule has 2 aromatic heterocycles. The van der Waals surface area contributed by atoms with Crippen LogP contribution in [0.25, 0.3) is 11.2 Å². The normalized spacial score (nSPS) is 10.8. The summed E-state index contributed by atoms with van der Waals surface area (Å²) in [5.74, 6) is 0.680. The van der Waals surface area contributed by atoms with Gasteiger partial charge in [-0.15, -0.1) is 11.6 Å². The first-order valence-electron chi connectivity index (χ1n) is 4.23. The van der Waals surface area contributed by atoms with Crippen LogP contribution in [0.1, 0.15) is 6.42 Å². The molecule has 3 nitrogen and oxygen atoms in total.